The highest BCUT2D eigenvalue weighted by Gasteiger charge is 2.36. The first-order chi connectivity index (χ1) is 13.8. The van der Waals surface area contributed by atoms with Gasteiger partial charge in [-0.05, 0) is 12.1 Å². The number of aromatic nitrogens is 3. The van der Waals surface area contributed by atoms with Crippen LogP contribution in [0.3, 0.4) is 0 Å². The fraction of sp³-hybridized carbons (Fsp3) is 0.158. The lowest BCUT2D eigenvalue weighted by molar-refractivity contribution is -0.137. The Kier molecular flexibility index (Phi) is 4.53. The van der Waals surface area contributed by atoms with Crippen molar-refractivity contribution < 1.29 is 22.8 Å². The number of hydrogen-bond acceptors (Lipinski definition) is 4. The number of rotatable bonds is 3. The van der Waals surface area contributed by atoms with Gasteiger partial charge in [0.1, 0.15) is 6.04 Å². The summed E-state index contributed by atoms with van der Waals surface area (Å²) in [5, 5.41) is 9.07. The van der Waals surface area contributed by atoms with Crippen LogP contribution in [0.4, 0.5) is 24.8 Å². The molecule has 2 heterocycles. The summed E-state index contributed by atoms with van der Waals surface area (Å²) in [5.74, 6) is -0.920. The maximum absolute atomic E-state index is 13.2. The summed E-state index contributed by atoms with van der Waals surface area (Å²) in [6.07, 6.45) is -4.91. The van der Waals surface area contributed by atoms with Crippen molar-refractivity contribution in [3.63, 3.8) is 0 Å². The van der Waals surface area contributed by atoms with Crippen LogP contribution in [-0.2, 0) is 15.8 Å². The predicted molar refractivity (Wildman–Crippen MR) is 97.8 cm³/mol. The summed E-state index contributed by atoms with van der Waals surface area (Å²) < 4.78 is 40.8. The Morgan fingerprint density at radius 1 is 1.10 bits per heavy atom. The minimum Gasteiger partial charge on any atom is -0.324 e. The molecule has 0 aliphatic carbocycles. The molecule has 1 aromatic heterocycles. The van der Waals surface area contributed by atoms with Gasteiger partial charge in [-0.15, -0.1) is 5.10 Å². The van der Waals surface area contributed by atoms with Gasteiger partial charge < -0.3 is 5.32 Å². The molecule has 29 heavy (non-hydrogen) atoms. The Balaban J connectivity index is 1.66. The van der Waals surface area contributed by atoms with E-state index in [0.717, 1.165) is 12.1 Å². The number of amides is 2. The molecule has 4 rings (SSSR count). The molecule has 10 heteroatoms. The summed E-state index contributed by atoms with van der Waals surface area (Å²) in [6.45, 7) is 0. The molecule has 1 unspecified atom stereocenters. The van der Waals surface area contributed by atoms with Gasteiger partial charge in [-0.25, -0.2) is 4.68 Å². The van der Waals surface area contributed by atoms with E-state index in [0.29, 0.717) is 5.56 Å². The highest BCUT2D eigenvalue weighted by atomic mass is 19.4. The Labute approximate surface area is 162 Å². The number of benzene rings is 2. The van der Waals surface area contributed by atoms with Crippen LogP contribution >= 0.6 is 0 Å². The quantitative estimate of drug-likeness (QED) is 0.703. The van der Waals surface area contributed by atoms with Crippen LogP contribution < -0.4 is 10.6 Å². The zero-order valence-corrected chi connectivity index (χ0v) is 14.8. The smallest absolute Gasteiger partial charge is 0.324 e. The van der Waals surface area contributed by atoms with Crippen LogP contribution in [0.1, 0.15) is 18.0 Å². The second kappa shape index (κ2) is 7.04. The van der Waals surface area contributed by atoms with Crippen molar-refractivity contribution in [3.8, 4) is 11.4 Å². The molecule has 1 atom stereocenters. The molecule has 2 aromatic carbocycles. The molecular formula is C19H14F3N5O2. The van der Waals surface area contributed by atoms with E-state index in [1.165, 1.54) is 16.8 Å². The van der Waals surface area contributed by atoms with Gasteiger partial charge in [-0.3, -0.25) is 14.9 Å². The summed E-state index contributed by atoms with van der Waals surface area (Å²) in [7, 11) is 0. The van der Waals surface area contributed by atoms with Gasteiger partial charge >= 0.3 is 6.18 Å². The van der Waals surface area contributed by atoms with Crippen molar-refractivity contribution in [1.82, 2.24) is 14.8 Å². The zero-order chi connectivity index (χ0) is 20.6. The molecule has 0 radical (unpaired) electrons. The first-order valence-corrected chi connectivity index (χ1v) is 8.62. The van der Waals surface area contributed by atoms with Crippen molar-refractivity contribution >= 4 is 23.5 Å². The van der Waals surface area contributed by atoms with Gasteiger partial charge in [0, 0.05) is 5.56 Å². The fourth-order valence-electron chi connectivity index (χ4n) is 3.03. The van der Waals surface area contributed by atoms with Crippen molar-refractivity contribution in [3.05, 3.63) is 60.2 Å². The number of nitrogens with one attached hydrogen (secondary N) is 2. The van der Waals surface area contributed by atoms with E-state index in [1.807, 2.05) is 6.07 Å². The average Bonchev–Trinajstić information content (AvgIpc) is 3.11. The third-order valence-electron chi connectivity index (χ3n) is 4.38. The molecule has 0 fully saturated rings. The van der Waals surface area contributed by atoms with Crippen LogP contribution in [-0.4, -0.2) is 26.6 Å². The number of alkyl halides is 3. The van der Waals surface area contributed by atoms with Crippen LogP contribution in [0.15, 0.2) is 54.6 Å². The Hall–Kier alpha value is -3.69. The lowest BCUT2D eigenvalue weighted by atomic mass is 10.1. The summed E-state index contributed by atoms with van der Waals surface area (Å²) in [6, 6.07) is 12.4. The molecule has 0 saturated carbocycles. The number of halogens is 3. The lowest BCUT2D eigenvalue weighted by Crippen LogP contribution is -2.36. The number of nitrogens with zero attached hydrogens (tertiary/aromatic N) is 3. The SMILES string of the molecule is O=C1CC(C(=O)Nc2ccccc2C(F)(F)F)n2nc(-c3ccccc3)nc2N1. The van der Waals surface area contributed by atoms with E-state index in [-0.39, 0.29) is 23.9 Å². The van der Waals surface area contributed by atoms with Crippen LogP contribution in [0.5, 0.6) is 0 Å². The molecular weight excluding hydrogens is 387 g/mol. The van der Waals surface area contributed by atoms with Crippen molar-refractivity contribution in [2.45, 2.75) is 18.6 Å². The minimum atomic E-state index is -4.63. The lowest BCUT2D eigenvalue weighted by Gasteiger charge is -2.23. The summed E-state index contributed by atoms with van der Waals surface area (Å²) in [5.41, 5.74) is -0.691. The molecule has 2 N–H and O–H groups in total. The Bertz CT molecular complexity index is 1080. The molecule has 2 amide bonds. The highest BCUT2D eigenvalue weighted by molar-refractivity contribution is 6.01. The van der Waals surface area contributed by atoms with Gasteiger partial charge in [0.15, 0.2) is 5.82 Å². The van der Waals surface area contributed by atoms with Crippen LogP contribution in [0.2, 0.25) is 0 Å². The zero-order valence-electron chi connectivity index (χ0n) is 14.8. The topological polar surface area (TPSA) is 88.9 Å². The standard InChI is InChI=1S/C19H14F3N5O2/c20-19(21,22)12-8-4-5-9-13(12)23-17(29)14-10-15(28)24-18-25-16(26-27(14)18)11-6-2-1-3-7-11/h1-9,14H,10H2,(H,23,29)(H,24,25,26,28). The number of hydrogen-bond donors (Lipinski definition) is 2. The number of para-hydroxylation sites is 1. The Morgan fingerprint density at radius 3 is 2.52 bits per heavy atom. The molecule has 3 aromatic rings. The van der Waals surface area contributed by atoms with E-state index < -0.39 is 29.6 Å². The first kappa shape index (κ1) is 18.7. The molecule has 0 bridgehead atoms. The van der Waals surface area contributed by atoms with Gasteiger partial charge in [-0.1, -0.05) is 42.5 Å². The minimum absolute atomic E-state index is 0.0596. The number of anilines is 2. The van der Waals surface area contributed by atoms with Gasteiger partial charge in [0.2, 0.25) is 17.8 Å². The highest BCUT2D eigenvalue weighted by Crippen LogP contribution is 2.35. The molecule has 148 valence electrons. The largest absolute Gasteiger partial charge is 0.418 e. The maximum Gasteiger partial charge on any atom is 0.418 e. The van der Waals surface area contributed by atoms with Gasteiger partial charge in [-0.2, -0.15) is 18.2 Å². The third kappa shape index (κ3) is 3.68. The van der Waals surface area contributed by atoms with Crippen molar-refractivity contribution in [2.75, 3.05) is 10.6 Å². The van der Waals surface area contributed by atoms with Crippen LogP contribution in [0.25, 0.3) is 11.4 Å². The van der Waals surface area contributed by atoms with Gasteiger partial charge in [0.25, 0.3) is 0 Å². The predicted octanol–water partition coefficient (Wildman–Crippen LogP) is 3.49. The molecule has 1 aliphatic heterocycles. The van der Waals surface area contributed by atoms with Gasteiger partial charge in [0.05, 0.1) is 17.7 Å². The van der Waals surface area contributed by atoms with E-state index >= 15 is 0 Å². The van der Waals surface area contributed by atoms with Crippen LogP contribution in [0, 0.1) is 0 Å². The van der Waals surface area contributed by atoms with E-state index in [1.54, 1.807) is 24.3 Å². The number of carbonyl (C=O) groups is 2. The molecule has 1 aliphatic rings. The summed E-state index contributed by atoms with van der Waals surface area (Å²) >= 11 is 0. The monoisotopic (exact) mass is 401 g/mol. The molecule has 7 nitrogen and oxygen atoms in total. The average molecular weight is 401 g/mol. The normalized spacial score (nSPS) is 16.1. The van der Waals surface area contributed by atoms with E-state index in [2.05, 4.69) is 20.7 Å². The van der Waals surface area contributed by atoms with E-state index in [9.17, 15) is 22.8 Å². The second-order valence-electron chi connectivity index (χ2n) is 6.37. The van der Waals surface area contributed by atoms with Crippen molar-refractivity contribution in [2.24, 2.45) is 0 Å². The molecule has 0 saturated heterocycles. The third-order valence-corrected chi connectivity index (χ3v) is 4.38. The second-order valence-corrected chi connectivity index (χ2v) is 6.37. The van der Waals surface area contributed by atoms with E-state index in [4.69, 9.17) is 0 Å². The maximum atomic E-state index is 13.2. The van der Waals surface area contributed by atoms with Crippen molar-refractivity contribution in [1.29, 1.82) is 0 Å². The number of fused-ring (bicyclic) bond motifs is 1. The Morgan fingerprint density at radius 2 is 1.79 bits per heavy atom. The number of carbonyl (C=O) groups excluding carboxylic acids is 2. The molecule has 0 spiro atoms. The fourth-order valence-corrected chi connectivity index (χ4v) is 3.03. The summed E-state index contributed by atoms with van der Waals surface area (Å²) in [4.78, 5) is 29.0. The first-order valence-electron chi connectivity index (χ1n) is 8.62.